The third-order valence-electron chi connectivity index (χ3n) is 4.79. The lowest BCUT2D eigenvalue weighted by atomic mass is 10.2. The second kappa shape index (κ2) is 8.31. The Bertz CT molecular complexity index is 943. The maximum atomic E-state index is 5.50. The molecule has 3 aromatic rings. The second-order valence-corrected chi connectivity index (χ2v) is 6.53. The molecule has 0 bridgehead atoms. The first-order valence-corrected chi connectivity index (χ1v) is 9.33. The summed E-state index contributed by atoms with van der Waals surface area (Å²) < 4.78 is 16.4. The zero-order chi connectivity index (χ0) is 19.3. The van der Waals surface area contributed by atoms with E-state index in [1.54, 1.807) is 14.2 Å². The van der Waals surface area contributed by atoms with Gasteiger partial charge < -0.3 is 24.4 Å². The van der Waals surface area contributed by atoms with Crippen LogP contribution in [-0.2, 0) is 11.3 Å². The molecule has 146 valence electrons. The van der Waals surface area contributed by atoms with Crippen LogP contribution in [-0.4, -0.2) is 50.5 Å². The molecule has 1 aliphatic rings. The Balaban J connectivity index is 1.75. The summed E-state index contributed by atoms with van der Waals surface area (Å²) in [6, 6.07) is 14.0. The Morgan fingerprint density at radius 3 is 2.43 bits per heavy atom. The lowest BCUT2D eigenvalue weighted by Gasteiger charge is -2.29. The number of benzene rings is 2. The van der Waals surface area contributed by atoms with E-state index in [0.717, 1.165) is 29.8 Å². The standard InChI is InChI=1S/C21H24N4O3/c1-26-18-12-16-17(13-19(18)27-2)23-21(22-14-15-6-4-3-5-7-15)24-20(16)25-8-10-28-11-9-25/h3-7,12-13H,8-11,14H2,1-2H3,(H,22,23,24). The summed E-state index contributed by atoms with van der Waals surface area (Å²) >= 11 is 0. The van der Waals surface area contributed by atoms with Crippen LogP contribution >= 0.6 is 0 Å². The summed E-state index contributed by atoms with van der Waals surface area (Å²) in [6.07, 6.45) is 0. The molecule has 1 N–H and O–H groups in total. The van der Waals surface area contributed by atoms with Crippen LogP contribution in [0.4, 0.5) is 11.8 Å². The highest BCUT2D eigenvalue weighted by molar-refractivity contribution is 5.93. The molecule has 1 aromatic heterocycles. The number of aromatic nitrogens is 2. The largest absolute Gasteiger partial charge is 0.493 e. The van der Waals surface area contributed by atoms with Crippen molar-refractivity contribution in [2.45, 2.75) is 6.54 Å². The molecular formula is C21H24N4O3. The van der Waals surface area contributed by atoms with Gasteiger partial charge in [-0.15, -0.1) is 0 Å². The van der Waals surface area contributed by atoms with E-state index in [4.69, 9.17) is 24.2 Å². The van der Waals surface area contributed by atoms with Gasteiger partial charge >= 0.3 is 0 Å². The summed E-state index contributed by atoms with van der Waals surface area (Å²) in [5.74, 6) is 2.78. The van der Waals surface area contributed by atoms with Gasteiger partial charge in [-0.25, -0.2) is 4.98 Å². The number of hydrogen-bond acceptors (Lipinski definition) is 7. The predicted molar refractivity (Wildman–Crippen MR) is 109 cm³/mol. The van der Waals surface area contributed by atoms with Crippen LogP contribution in [0.1, 0.15) is 5.56 Å². The van der Waals surface area contributed by atoms with Crippen LogP contribution in [0.2, 0.25) is 0 Å². The predicted octanol–water partition coefficient (Wildman–Crippen LogP) is 3.10. The Morgan fingerprint density at radius 1 is 1.00 bits per heavy atom. The summed E-state index contributed by atoms with van der Waals surface area (Å²) in [7, 11) is 3.26. The Labute approximate surface area is 164 Å². The average molecular weight is 380 g/mol. The number of nitrogens with zero attached hydrogens (tertiary/aromatic N) is 3. The van der Waals surface area contributed by atoms with Crippen molar-refractivity contribution in [1.82, 2.24) is 9.97 Å². The van der Waals surface area contributed by atoms with Crippen molar-refractivity contribution in [3.63, 3.8) is 0 Å². The van der Waals surface area contributed by atoms with E-state index in [1.165, 1.54) is 5.56 Å². The molecule has 1 fully saturated rings. The van der Waals surface area contributed by atoms with Gasteiger partial charge in [-0.2, -0.15) is 4.98 Å². The van der Waals surface area contributed by atoms with Crippen molar-refractivity contribution in [3.8, 4) is 11.5 Å². The van der Waals surface area contributed by atoms with Gasteiger partial charge in [0.25, 0.3) is 0 Å². The van der Waals surface area contributed by atoms with Gasteiger partial charge in [0.15, 0.2) is 11.5 Å². The van der Waals surface area contributed by atoms with E-state index in [9.17, 15) is 0 Å². The van der Waals surface area contributed by atoms with E-state index >= 15 is 0 Å². The fourth-order valence-electron chi connectivity index (χ4n) is 3.31. The molecule has 0 unspecified atom stereocenters. The number of rotatable bonds is 6. The smallest absolute Gasteiger partial charge is 0.225 e. The molecule has 2 heterocycles. The van der Waals surface area contributed by atoms with Gasteiger partial charge in [0, 0.05) is 31.1 Å². The van der Waals surface area contributed by atoms with E-state index in [1.807, 2.05) is 30.3 Å². The van der Waals surface area contributed by atoms with E-state index in [0.29, 0.717) is 37.2 Å². The van der Waals surface area contributed by atoms with E-state index < -0.39 is 0 Å². The number of hydrogen-bond donors (Lipinski definition) is 1. The van der Waals surface area contributed by atoms with Crippen LogP contribution in [0.15, 0.2) is 42.5 Å². The van der Waals surface area contributed by atoms with Crippen molar-refractivity contribution in [2.24, 2.45) is 0 Å². The topological polar surface area (TPSA) is 68.7 Å². The molecule has 0 spiro atoms. The minimum Gasteiger partial charge on any atom is -0.493 e. The molecule has 1 aliphatic heterocycles. The van der Waals surface area contributed by atoms with Gasteiger partial charge in [-0.1, -0.05) is 30.3 Å². The Morgan fingerprint density at radius 2 is 1.71 bits per heavy atom. The highest BCUT2D eigenvalue weighted by atomic mass is 16.5. The minimum absolute atomic E-state index is 0.588. The summed E-state index contributed by atoms with van der Waals surface area (Å²) in [4.78, 5) is 11.8. The van der Waals surface area contributed by atoms with Crippen molar-refractivity contribution < 1.29 is 14.2 Å². The fourth-order valence-corrected chi connectivity index (χ4v) is 3.31. The van der Waals surface area contributed by atoms with Gasteiger partial charge in [-0.05, 0) is 11.6 Å². The molecule has 0 radical (unpaired) electrons. The summed E-state index contributed by atoms with van der Waals surface area (Å²) in [5.41, 5.74) is 1.98. The molecule has 1 saturated heterocycles. The Hall–Kier alpha value is -3.06. The average Bonchev–Trinajstić information content (AvgIpc) is 2.77. The fraction of sp³-hybridized carbons (Fsp3) is 0.333. The minimum atomic E-state index is 0.588. The van der Waals surface area contributed by atoms with Crippen LogP contribution in [0.3, 0.4) is 0 Å². The van der Waals surface area contributed by atoms with Crippen LogP contribution in [0, 0.1) is 0 Å². The van der Waals surface area contributed by atoms with Gasteiger partial charge in [0.2, 0.25) is 5.95 Å². The molecule has 7 nitrogen and oxygen atoms in total. The Kier molecular flexibility index (Phi) is 5.43. The van der Waals surface area contributed by atoms with Gasteiger partial charge in [0.1, 0.15) is 5.82 Å². The molecule has 2 aromatic carbocycles. The monoisotopic (exact) mass is 380 g/mol. The normalized spacial score (nSPS) is 14.1. The van der Waals surface area contributed by atoms with Crippen molar-refractivity contribution in [3.05, 3.63) is 48.0 Å². The number of ether oxygens (including phenoxy) is 3. The van der Waals surface area contributed by atoms with Gasteiger partial charge in [0.05, 0.1) is 33.0 Å². The molecule has 0 saturated carbocycles. The van der Waals surface area contributed by atoms with Crippen LogP contribution in [0.25, 0.3) is 10.9 Å². The first-order chi connectivity index (χ1) is 13.8. The van der Waals surface area contributed by atoms with Gasteiger partial charge in [-0.3, -0.25) is 0 Å². The molecular weight excluding hydrogens is 356 g/mol. The number of anilines is 2. The molecule has 7 heteroatoms. The molecule has 28 heavy (non-hydrogen) atoms. The maximum Gasteiger partial charge on any atom is 0.225 e. The first-order valence-electron chi connectivity index (χ1n) is 9.33. The highest BCUT2D eigenvalue weighted by Gasteiger charge is 2.19. The van der Waals surface area contributed by atoms with E-state index in [-0.39, 0.29) is 0 Å². The SMILES string of the molecule is COc1cc2nc(NCc3ccccc3)nc(N3CCOCC3)c2cc1OC. The zero-order valence-electron chi connectivity index (χ0n) is 16.1. The third-order valence-corrected chi connectivity index (χ3v) is 4.79. The lowest BCUT2D eigenvalue weighted by molar-refractivity contribution is 0.122. The van der Waals surface area contributed by atoms with Crippen LogP contribution in [0.5, 0.6) is 11.5 Å². The van der Waals surface area contributed by atoms with Crippen molar-refractivity contribution >= 4 is 22.7 Å². The quantitative estimate of drug-likeness (QED) is 0.705. The number of morpholine rings is 1. The first kappa shape index (κ1) is 18.3. The summed E-state index contributed by atoms with van der Waals surface area (Å²) in [6.45, 7) is 3.61. The number of methoxy groups -OCH3 is 2. The number of fused-ring (bicyclic) bond motifs is 1. The lowest BCUT2D eigenvalue weighted by Crippen LogP contribution is -2.37. The van der Waals surface area contributed by atoms with Crippen molar-refractivity contribution in [1.29, 1.82) is 0 Å². The van der Waals surface area contributed by atoms with Crippen LogP contribution < -0.4 is 19.7 Å². The second-order valence-electron chi connectivity index (χ2n) is 6.53. The highest BCUT2D eigenvalue weighted by Crippen LogP contribution is 2.36. The molecule has 0 aliphatic carbocycles. The summed E-state index contributed by atoms with van der Waals surface area (Å²) in [5, 5.41) is 4.28. The van der Waals surface area contributed by atoms with E-state index in [2.05, 4.69) is 22.3 Å². The molecule has 4 rings (SSSR count). The number of nitrogens with one attached hydrogen (secondary N) is 1. The zero-order valence-corrected chi connectivity index (χ0v) is 16.1. The molecule has 0 amide bonds. The molecule has 0 atom stereocenters. The third kappa shape index (κ3) is 3.80. The van der Waals surface area contributed by atoms with Crippen molar-refractivity contribution in [2.75, 3.05) is 50.7 Å². The maximum absolute atomic E-state index is 5.50.